The molecule has 0 saturated heterocycles. The van der Waals surface area contributed by atoms with Gasteiger partial charge in [0.1, 0.15) is 5.69 Å². The number of anilines is 1. The van der Waals surface area contributed by atoms with Gasteiger partial charge in [0.25, 0.3) is 11.6 Å². The predicted molar refractivity (Wildman–Crippen MR) is 78.0 cm³/mol. The summed E-state index contributed by atoms with van der Waals surface area (Å²) in [5, 5.41) is 13.9. The zero-order valence-corrected chi connectivity index (χ0v) is 12.1. The summed E-state index contributed by atoms with van der Waals surface area (Å²) in [6.07, 6.45) is 0.0308. The molecule has 1 atom stereocenters. The fraction of sp³-hybridized carbons (Fsp3) is 0.385. The highest BCUT2D eigenvalue weighted by Gasteiger charge is 2.19. The number of carbonyl (C=O) groups is 2. The molecule has 0 heterocycles. The highest BCUT2D eigenvalue weighted by atomic mass is 16.6. The molecule has 8 nitrogen and oxygen atoms in total. The quantitative estimate of drug-likeness (QED) is 0.598. The minimum absolute atomic E-state index is 0.0308. The monoisotopic (exact) mass is 294 g/mol. The van der Waals surface area contributed by atoms with Crippen LogP contribution >= 0.6 is 0 Å². The molecule has 0 saturated carbocycles. The molecule has 0 bridgehead atoms. The van der Waals surface area contributed by atoms with Crippen LogP contribution in [0.4, 0.5) is 11.4 Å². The number of nitro groups is 1. The molecule has 1 rings (SSSR count). The molecule has 0 spiro atoms. The second kappa shape index (κ2) is 6.69. The summed E-state index contributed by atoms with van der Waals surface area (Å²) in [6.45, 7) is 1.68. The second-order valence-corrected chi connectivity index (χ2v) is 4.90. The third-order valence-corrected chi connectivity index (χ3v) is 2.76. The Labute approximate surface area is 122 Å². The van der Waals surface area contributed by atoms with Gasteiger partial charge in [-0.25, -0.2) is 0 Å². The third-order valence-electron chi connectivity index (χ3n) is 2.76. The van der Waals surface area contributed by atoms with Gasteiger partial charge < -0.3 is 16.0 Å². The normalized spacial score (nSPS) is 11.6. The maximum atomic E-state index is 11.9. The fourth-order valence-corrected chi connectivity index (χ4v) is 1.82. The van der Waals surface area contributed by atoms with Gasteiger partial charge in [-0.1, -0.05) is 0 Å². The van der Waals surface area contributed by atoms with Crippen molar-refractivity contribution in [1.82, 2.24) is 4.90 Å². The van der Waals surface area contributed by atoms with E-state index in [9.17, 15) is 19.7 Å². The lowest BCUT2D eigenvalue weighted by Gasteiger charge is -2.15. The van der Waals surface area contributed by atoms with E-state index >= 15 is 0 Å². The van der Waals surface area contributed by atoms with Gasteiger partial charge in [-0.15, -0.1) is 0 Å². The lowest BCUT2D eigenvalue weighted by molar-refractivity contribution is -0.384. The first kappa shape index (κ1) is 16.4. The molecule has 21 heavy (non-hydrogen) atoms. The Bertz CT molecular complexity index is 571. The first-order valence-corrected chi connectivity index (χ1v) is 6.27. The molecule has 1 aromatic carbocycles. The van der Waals surface area contributed by atoms with E-state index < -0.39 is 10.8 Å². The van der Waals surface area contributed by atoms with Crippen LogP contribution in [-0.2, 0) is 4.79 Å². The van der Waals surface area contributed by atoms with Crippen molar-refractivity contribution in [3.05, 3.63) is 33.9 Å². The second-order valence-electron chi connectivity index (χ2n) is 4.90. The van der Waals surface area contributed by atoms with E-state index in [0.29, 0.717) is 5.56 Å². The Morgan fingerprint density at radius 2 is 2.05 bits per heavy atom. The lowest BCUT2D eigenvalue weighted by atomic mass is 10.1. The molecule has 3 N–H and O–H groups in total. The number of rotatable bonds is 6. The van der Waals surface area contributed by atoms with Crippen molar-refractivity contribution in [3.63, 3.8) is 0 Å². The molecule has 114 valence electrons. The van der Waals surface area contributed by atoms with Crippen molar-refractivity contribution in [2.75, 3.05) is 19.4 Å². The first-order chi connectivity index (χ1) is 9.72. The zero-order valence-electron chi connectivity index (χ0n) is 12.1. The Hall–Kier alpha value is -2.64. The molecule has 0 aromatic heterocycles. The number of nitrogens with two attached hydrogens (primary N) is 1. The third kappa shape index (κ3) is 4.44. The molecule has 0 aliphatic rings. The van der Waals surface area contributed by atoms with E-state index in [1.807, 2.05) is 0 Å². The van der Waals surface area contributed by atoms with Crippen LogP contribution in [0.25, 0.3) is 0 Å². The number of benzene rings is 1. The molecule has 1 aromatic rings. The number of amides is 2. The summed E-state index contributed by atoms with van der Waals surface area (Å²) in [7, 11) is 3.18. The Balaban J connectivity index is 3.12. The summed E-state index contributed by atoms with van der Waals surface area (Å²) >= 11 is 0. The van der Waals surface area contributed by atoms with Crippen molar-refractivity contribution < 1.29 is 14.5 Å². The van der Waals surface area contributed by atoms with E-state index in [1.165, 1.54) is 23.1 Å². The number of nitro benzene ring substituents is 1. The summed E-state index contributed by atoms with van der Waals surface area (Å²) in [5.41, 5.74) is 5.42. The average Bonchev–Trinajstić information content (AvgIpc) is 2.36. The summed E-state index contributed by atoms with van der Waals surface area (Å²) < 4.78 is 0. The number of hydrogen-bond acceptors (Lipinski definition) is 5. The molecule has 0 fully saturated rings. The van der Waals surface area contributed by atoms with Crippen LogP contribution in [0.2, 0.25) is 0 Å². The van der Waals surface area contributed by atoms with Gasteiger partial charge in [-0.3, -0.25) is 19.7 Å². The Morgan fingerprint density at radius 1 is 1.43 bits per heavy atom. The minimum Gasteiger partial charge on any atom is -0.376 e. The molecule has 1 unspecified atom stereocenters. The molecule has 2 amide bonds. The molecule has 0 aliphatic carbocycles. The van der Waals surface area contributed by atoms with Crippen LogP contribution in [0.1, 0.15) is 23.7 Å². The molecule has 0 aliphatic heterocycles. The molecule has 0 radical (unpaired) electrons. The average molecular weight is 294 g/mol. The molecular formula is C13H18N4O4. The fourth-order valence-electron chi connectivity index (χ4n) is 1.82. The number of nitrogens with one attached hydrogen (secondary N) is 1. The number of hydrogen-bond donors (Lipinski definition) is 2. The highest BCUT2D eigenvalue weighted by molar-refractivity contribution is 5.95. The Morgan fingerprint density at radius 3 is 2.52 bits per heavy atom. The lowest BCUT2D eigenvalue weighted by Crippen LogP contribution is -2.25. The van der Waals surface area contributed by atoms with Crippen LogP contribution in [0.5, 0.6) is 0 Å². The smallest absolute Gasteiger partial charge is 0.292 e. The van der Waals surface area contributed by atoms with Crippen LogP contribution in [-0.4, -0.2) is 41.8 Å². The van der Waals surface area contributed by atoms with Crippen molar-refractivity contribution in [2.24, 2.45) is 5.73 Å². The molecular weight excluding hydrogens is 276 g/mol. The topological polar surface area (TPSA) is 119 Å². The number of carbonyl (C=O) groups excluding carboxylic acids is 2. The first-order valence-electron chi connectivity index (χ1n) is 6.27. The van der Waals surface area contributed by atoms with E-state index in [2.05, 4.69) is 5.32 Å². The van der Waals surface area contributed by atoms with Gasteiger partial charge in [0, 0.05) is 38.2 Å². The molecule has 8 heteroatoms. The van der Waals surface area contributed by atoms with Crippen LogP contribution < -0.4 is 11.1 Å². The van der Waals surface area contributed by atoms with Crippen LogP contribution in [0.3, 0.4) is 0 Å². The van der Waals surface area contributed by atoms with Gasteiger partial charge in [0.15, 0.2) is 0 Å². The zero-order chi connectivity index (χ0) is 16.2. The van der Waals surface area contributed by atoms with Gasteiger partial charge in [0.2, 0.25) is 5.91 Å². The van der Waals surface area contributed by atoms with Gasteiger partial charge >= 0.3 is 0 Å². The standard InChI is InChI=1S/C13H18N4O4/c1-8(6-12(14)18)15-10-7-9(13(19)16(2)3)4-5-11(10)17(20)21/h4-5,7-8,15H,6H2,1-3H3,(H2,14,18). The van der Waals surface area contributed by atoms with Crippen molar-refractivity contribution >= 4 is 23.2 Å². The van der Waals surface area contributed by atoms with Crippen molar-refractivity contribution in [2.45, 2.75) is 19.4 Å². The highest BCUT2D eigenvalue weighted by Crippen LogP contribution is 2.27. The summed E-state index contributed by atoms with van der Waals surface area (Å²) in [6, 6.07) is 3.67. The van der Waals surface area contributed by atoms with Crippen molar-refractivity contribution in [3.8, 4) is 0 Å². The summed E-state index contributed by atoms with van der Waals surface area (Å²) in [4.78, 5) is 34.6. The van der Waals surface area contributed by atoms with E-state index in [-0.39, 0.29) is 29.7 Å². The van der Waals surface area contributed by atoms with Gasteiger partial charge in [-0.2, -0.15) is 0 Å². The van der Waals surface area contributed by atoms with Crippen LogP contribution in [0, 0.1) is 10.1 Å². The van der Waals surface area contributed by atoms with Crippen molar-refractivity contribution in [1.29, 1.82) is 0 Å². The van der Waals surface area contributed by atoms with Gasteiger partial charge in [-0.05, 0) is 19.1 Å². The van der Waals surface area contributed by atoms with E-state index in [4.69, 9.17) is 5.73 Å². The predicted octanol–water partition coefficient (Wildman–Crippen LogP) is 0.972. The SMILES string of the molecule is CC(CC(N)=O)Nc1cc(C(=O)N(C)C)ccc1[N+](=O)[O-]. The number of primary amides is 1. The van der Waals surface area contributed by atoms with E-state index in [1.54, 1.807) is 21.0 Å². The number of nitrogens with zero attached hydrogens (tertiary/aromatic N) is 2. The maximum Gasteiger partial charge on any atom is 0.292 e. The van der Waals surface area contributed by atoms with Gasteiger partial charge in [0.05, 0.1) is 4.92 Å². The minimum atomic E-state index is -0.552. The summed E-state index contributed by atoms with van der Waals surface area (Å²) in [5.74, 6) is -0.784. The maximum absolute atomic E-state index is 11.9. The Kier molecular flexibility index (Phi) is 5.23. The largest absolute Gasteiger partial charge is 0.376 e. The van der Waals surface area contributed by atoms with Crippen LogP contribution in [0.15, 0.2) is 18.2 Å². The van der Waals surface area contributed by atoms with E-state index in [0.717, 1.165) is 0 Å².